The van der Waals surface area contributed by atoms with Crippen molar-refractivity contribution in [2.24, 2.45) is 11.3 Å². The van der Waals surface area contributed by atoms with Crippen LogP contribution in [0.5, 0.6) is 5.75 Å². The number of hydrogen-bond donors (Lipinski definition) is 2. The molecular weight excluding hydrogens is 228 g/mol. The fourth-order valence-electron chi connectivity index (χ4n) is 3.80. The monoisotopic (exact) mass is 246 g/mol. The van der Waals surface area contributed by atoms with E-state index in [4.69, 9.17) is 4.74 Å². The first kappa shape index (κ1) is 10.8. The van der Waals surface area contributed by atoms with Gasteiger partial charge >= 0.3 is 0 Å². The summed E-state index contributed by atoms with van der Waals surface area (Å²) in [6.07, 6.45) is 6.46. The van der Waals surface area contributed by atoms with E-state index in [9.17, 15) is 5.11 Å². The standard InChI is InChI=1S/C14H18N2O2/c17-14(10-5-13(6-10)8-16-9-13)2-4-18-12-1-3-15-7-11(12)14/h1,3,7,10,16-17H,2,4-6,8-9H2. The average Bonchev–Trinajstić information content (AvgIpc) is 2.26. The van der Waals surface area contributed by atoms with Crippen LogP contribution in [0.3, 0.4) is 0 Å². The third-order valence-corrected chi connectivity index (χ3v) is 5.02. The molecule has 3 heterocycles. The molecule has 0 amide bonds. The van der Waals surface area contributed by atoms with Crippen LogP contribution in [0.2, 0.25) is 0 Å². The number of pyridine rings is 1. The minimum Gasteiger partial charge on any atom is -0.493 e. The quantitative estimate of drug-likeness (QED) is 0.777. The van der Waals surface area contributed by atoms with E-state index in [1.165, 1.54) is 0 Å². The van der Waals surface area contributed by atoms with Crippen LogP contribution >= 0.6 is 0 Å². The maximum atomic E-state index is 11.1. The van der Waals surface area contributed by atoms with Crippen LogP contribution in [0, 0.1) is 11.3 Å². The molecular formula is C14H18N2O2. The van der Waals surface area contributed by atoms with Gasteiger partial charge in [-0.25, -0.2) is 0 Å². The number of nitrogens with zero attached hydrogens (tertiary/aromatic N) is 1. The molecule has 1 atom stereocenters. The highest BCUT2D eigenvalue weighted by Gasteiger charge is 2.57. The normalized spacial score (nSPS) is 33.2. The van der Waals surface area contributed by atoms with Gasteiger partial charge in [0.1, 0.15) is 11.4 Å². The van der Waals surface area contributed by atoms with E-state index in [1.807, 2.05) is 6.07 Å². The molecule has 0 radical (unpaired) electrons. The summed E-state index contributed by atoms with van der Waals surface area (Å²) < 4.78 is 5.62. The van der Waals surface area contributed by atoms with Crippen molar-refractivity contribution in [1.29, 1.82) is 0 Å². The molecule has 1 aliphatic carbocycles. The summed E-state index contributed by atoms with van der Waals surface area (Å²) in [5, 5.41) is 14.4. The minimum absolute atomic E-state index is 0.367. The van der Waals surface area contributed by atoms with E-state index in [1.54, 1.807) is 12.4 Å². The molecule has 0 bridgehead atoms. The van der Waals surface area contributed by atoms with E-state index < -0.39 is 5.60 Å². The zero-order chi connectivity index (χ0) is 12.2. The van der Waals surface area contributed by atoms with Gasteiger partial charge in [0.2, 0.25) is 0 Å². The molecule has 2 fully saturated rings. The summed E-state index contributed by atoms with van der Waals surface area (Å²) in [5.41, 5.74) is 0.660. The average molecular weight is 246 g/mol. The molecule has 0 aromatic carbocycles. The van der Waals surface area contributed by atoms with Crippen LogP contribution in [0.1, 0.15) is 24.8 Å². The predicted molar refractivity (Wildman–Crippen MR) is 66.3 cm³/mol. The lowest BCUT2D eigenvalue weighted by Gasteiger charge is -2.59. The highest BCUT2D eigenvalue weighted by Crippen LogP contribution is 2.57. The highest BCUT2D eigenvalue weighted by molar-refractivity contribution is 5.38. The largest absolute Gasteiger partial charge is 0.493 e. The predicted octanol–water partition coefficient (Wildman–Crippen LogP) is 1.05. The van der Waals surface area contributed by atoms with Crippen molar-refractivity contribution >= 4 is 0 Å². The Kier molecular flexibility index (Phi) is 2.07. The molecule has 1 spiro atoms. The summed E-state index contributed by atoms with van der Waals surface area (Å²) in [7, 11) is 0. The van der Waals surface area contributed by atoms with Crippen LogP contribution in [-0.2, 0) is 5.60 Å². The second kappa shape index (κ2) is 3.45. The van der Waals surface area contributed by atoms with Gasteiger partial charge in [-0.1, -0.05) is 0 Å². The van der Waals surface area contributed by atoms with Gasteiger partial charge in [0.05, 0.1) is 6.61 Å². The van der Waals surface area contributed by atoms with Crippen molar-refractivity contribution in [3.05, 3.63) is 24.0 Å². The Hall–Kier alpha value is -1.13. The Bertz CT molecular complexity index is 478. The van der Waals surface area contributed by atoms with E-state index in [0.717, 1.165) is 37.2 Å². The molecule has 1 aromatic rings. The molecule has 4 rings (SSSR count). The van der Waals surface area contributed by atoms with Gasteiger partial charge in [0.15, 0.2) is 0 Å². The maximum absolute atomic E-state index is 11.1. The van der Waals surface area contributed by atoms with Crippen molar-refractivity contribution in [1.82, 2.24) is 10.3 Å². The second-order valence-electron chi connectivity index (χ2n) is 6.10. The molecule has 1 saturated carbocycles. The fourth-order valence-corrected chi connectivity index (χ4v) is 3.80. The Morgan fingerprint density at radius 1 is 1.39 bits per heavy atom. The number of hydrogen-bond acceptors (Lipinski definition) is 4. The van der Waals surface area contributed by atoms with Gasteiger partial charge in [-0.2, -0.15) is 0 Å². The number of rotatable bonds is 1. The summed E-state index contributed by atoms with van der Waals surface area (Å²) in [6, 6.07) is 1.86. The van der Waals surface area contributed by atoms with E-state index in [-0.39, 0.29) is 0 Å². The molecule has 1 saturated heterocycles. The van der Waals surface area contributed by atoms with Gasteiger partial charge in [0, 0.05) is 37.5 Å². The van der Waals surface area contributed by atoms with E-state index in [0.29, 0.717) is 24.4 Å². The first-order chi connectivity index (χ1) is 8.72. The van der Waals surface area contributed by atoms with Gasteiger partial charge in [-0.05, 0) is 30.2 Å². The fraction of sp³-hybridized carbons (Fsp3) is 0.643. The topological polar surface area (TPSA) is 54.4 Å². The molecule has 2 aliphatic heterocycles. The Balaban J connectivity index is 1.64. The molecule has 4 nitrogen and oxygen atoms in total. The van der Waals surface area contributed by atoms with Gasteiger partial charge in [-0.15, -0.1) is 0 Å². The Labute approximate surface area is 106 Å². The van der Waals surface area contributed by atoms with Crippen molar-refractivity contribution in [2.45, 2.75) is 24.9 Å². The first-order valence-electron chi connectivity index (χ1n) is 6.72. The SMILES string of the molecule is OC1(C2CC3(CNC3)C2)CCOc2ccncc21. The zero-order valence-electron chi connectivity index (χ0n) is 10.4. The van der Waals surface area contributed by atoms with Gasteiger partial charge in [0.25, 0.3) is 0 Å². The molecule has 4 heteroatoms. The number of ether oxygens (including phenoxy) is 1. The molecule has 1 aromatic heterocycles. The highest BCUT2D eigenvalue weighted by atomic mass is 16.5. The second-order valence-corrected chi connectivity index (χ2v) is 6.10. The lowest BCUT2D eigenvalue weighted by atomic mass is 9.52. The first-order valence-corrected chi connectivity index (χ1v) is 6.72. The molecule has 18 heavy (non-hydrogen) atoms. The van der Waals surface area contributed by atoms with Gasteiger partial charge in [-0.3, -0.25) is 4.98 Å². The Morgan fingerprint density at radius 2 is 2.22 bits per heavy atom. The maximum Gasteiger partial charge on any atom is 0.128 e. The van der Waals surface area contributed by atoms with Crippen molar-refractivity contribution in [3.63, 3.8) is 0 Å². The third-order valence-electron chi connectivity index (χ3n) is 5.02. The van der Waals surface area contributed by atoms with Crippen LogP contribution in [-0.4, -0.2) is 29.8 Å². The molecule has 1 unspecified atom stereocenters. The summed E-state index contributed by atoms with van der Waals surface area (Å²) >= 11 is 0. The van der Waals surface area contributed by atoms with E-state index in [2.05, 4.69) is 10.3 Å². The summed E-state index contributed by atoms with van der Waals surface area (Å²) in [6.45, 7) is 2.85. The number of nitrogens with one attached hydrogen (secondary N) is 1. The minimum atomic E-state index is -0.720. The zero-order valence-corrected chi connectivity index (χ0v) is 10.4. The van der Waals surface area contributed by atoms with E-state index >= 15 is 0 Å². The Morgan fingerprint density at radius 3 is 2.94 bits per heavy atom. The molecule has 3 aliphatic rings. The summed E-state index contributed by atoms with van der Waals surface area (Å²) in [4.78, 5) is 4.15. The number of aliphatic hydroxyl groups is 1. The van der Waals surface area contributed by atoms with Crippen LogP contribution < -0.4 is 10.1 Å². The van der Waals surface area contributed by atoms with Crippen molar-refractivity contribution in [3.8, 4) is 5.75 Å². The van der Waals surface area contributed by atoms with Gasteiger partial charge < -0.3 is 15.2 Å². The van der Waals surface area contributed by atoms with Crippen LogP contribution in [0.4, 0.5) is 0 Å². The molecule has 96 valence electrons. The summed E-state index contributed by atoms with van der Waals surface area (Å²) in [5.74, 6) is 1.18. The van der Waals surface area contributed by atoms with Crippen LogP contribution in [0.15, 0.2) is 18.5 Å². The lowest BCUT2D eigenvalue weighted by Crippen LogP contribution is -2.63. The van der Waals surface area contributed by atoms with Crippen molar-refractivity contribution in [2.75, 3.05) is 19.7 Å². The third kappa shape index (κ3) is 1.30. The smallest absolute Gasteiger partial charge is 0.128 e. The molecule has 2 N–H and O–H groups in total. The number of aromatic nitrogens is 1. The lowest BCUT2D eigenvalue weighted by molar-refractivity contribution is -0.143. The van der Waals surface area contributed by atoms with Crippen LogP contribution in [0.25, 0.3) is 0 Å². The number of fused-ring (bicyclic) bond motifs is 1. The van der Waals surface area contributed by atoms with Crippen molar-refractivity contribution < 1.29 is 9.84 Å².